The predicted octanol–water partition coefficient (Wildman–Crippen LogP) is 6.18. The third-order valence-corrected chi connectivity index (χ3v) is 8.55. The maximum Gasteiger partial charge on any atom is 0.241 e. The molecule has 0 aliphatic rings. The summed E-state index contributed by atoms with van der Waals surface area (Å²) < 4.78 is 29.5. The summed E-state index contributed by atoms with van der Waals surface area (Å²) in [5.74, 6) is -0.713. The monoisotopic (exact) mass is 493 g/mol. The Bertz CT molecular complexity index is 1290. The molecule has 4 nitrogen and oxygen atoms in total. The van der Waals surface area contributed by atoms with Gasteiger partial charge in [-0.1, -0.05) is 84.1 Å². The van der Waals surface area contributed by atoms with Gasteiger partial charge in [0, 0.05) is 9.77 Å². The van der Waals surface area contributed by atoms with E-state index in [-0.39, 0.29) is 10.0 Å². The van der Waals surface area contributed by atoms with Gasteiger partial charge in [0.25, 0.3) is 0 Å². The molecular formula is C26H23NO3S3. The molecule has 0 fully saturated rings. The second-order valence-corrected chi connectivity index (χ2v) is 11.3. The van der Waals surface area contributed by atoms with Crippen LogP contribution in [0.15, 0.2) is 112 Å². The van der Waals surface area contributed by atoms with E-state index in [2.05, 4.69) is 4.72 Å². The fourth-order valence-corrected chi connectivity index (χ4v) is 6.54. The van der Waals surface area contributed by atoms with Gasteiger partial charge < -0.3 is 0 Å². The molecule has 1 aromatic heterocycles. The zero-order valence-corrected chi connectivity index (χ0v) is 20.4. The SMILES string of the molecule is Cc1ccc(S(=O)(=O)N[C@H](c2cccs2)[C@@H](C(=O)Sc2ccccc2)c2ccccc2)cc1. The quantitative estimate of drug-likeness (QED) is 0.298. The predicted molar refractivity (Wildman–Crippen MR) is 135 cm³/mol. The number of sulfonamides is 1. The van der Waals surface area contributed by atoms with E-state index in [9.17, 15) is 13.2 Å². The van der Waals surface area contributed by atoms with Gasteiger partial charge in [0.1, 0.15) is 0 Å². The van der Waals surface area contributed by atoms with Crippen molar-refractivity contribution in [3.8, 4) is 0 Å². The molecule has 0 aliphatic carbocycles. The molecule has 0 spiro atoms. The average molecular weight is 494 g/mol. The molecule has 4 rings (SSSR count). The Hall–Kier alpha value is -2.71. The van der Waals surface area contributed by atoms with Crippen molar-refractivity contribution in [3.63, 3.8) is 0 Å². The number of thioether (sulfide) groups is 1. The van der Waals surface area contributed by atoms with E-state index in [4.69, 9.17) is 0 Å². The number of aryl methyl sites for hydroxylation is 1. The van der Waals surface area contributed by atoms with Crippen molar-refractivity contribution in [1.82, 2.24) is 4.72 Å². The summed E-state index contributed by atoms with van der Waals surface area (Å²) in [6.07, 6.45) is 0. The molecule has 4 aromatic rings. The third kappa shape index (κ3) is 5.81. The van der Waals surface area contributed by atoms with Crippen LogP contribution in [0.25, 0.3) is 0 Å². The van der Waals surface area contributed by atoms with Crippen molar-refractivity contribution < 1.29 is 13.2 Å². The van der Waals surface area contributed by atoms with Gasteiger partial charge in [-0.2, -0.15) is 0 Å². The van der Waals surface area contributed by atoms with Gasteiger partial charge in [-0.15, -0.1) is 11.3 Å². The second-order valence-electron chi connectivity index (χ2n) is 7.55. The number of carbonyl (C=O) groups excluding carboxylic acids is 1. The van der Waals surface area contributed by atoms with E-state index in [0.717, 1.165) is 32.7 Å². The van der Waals surface area contributed by atoms with Crippen LogP contribution in [0.4, 0.5) is 0 Å². The minimum atomic E-state index is -3.87. The van der Waals surface area contributed by atoms with Crippen LogP contribution in [-0.2, 0) is 14.8 Å². The lowest BCUT2D eigenvalue weighted by molar-refractivity contribution is -0.112. The lowest BCUT2D eigenvalue weighted by Crippen LogP contribution is -2.34. The van der Waals surface area contributed by atoms with Crippen LogP contribution in [-0.4, -0.2) is 13.5 Å². The van der Waals surface area contributed by atoms with Gasteiger partial charge in [0.2, 0.25) is 15.1 Å². The number of rotatable bonds is 8. The first-order valence-corrected chi connectivity index (χ1v) is 13.6. The molecule has 0 unspecified atom stereocenters. The molecule has 0 saturated carbocycles. The minimum absolute atomic E-state index is 0.127. The van der Waals surface area contributed by atoms with E-state index in [1.807, 2.05) is 85.1 Å². The average Bonchev–Trinajstić information content (AvgIpc) is 3.35. The smallest absolute Gasteiger partial charge is 0.241 e. The Balaban J connectivity index is 1.76. The third-order valence-electron chi connectivity index (χ3n) is 5.17. The topological polar surface area (TPSA) is 63.2 Å². The molecule has 1 N–H and O–H groups in total. The first-order chi connectivity index (χ1) is 15.9. The summed E-state index contributed by atoms with van der Waals surface area (Å²) in [7, 11) is -3.87. The molecule has 0 radical (unpaired) electrons. The molecular weight excluding hydrogens is 470 g/mol. The Labute approximate surface area is 202 Å². The molecule has 3 aromatic carbocycles. The number of hydrogen-bond acceptors (Lipinski definition) is 5. The highest BCUT2D eigenvalue weighted by Gasteiger charge is 2.35. The van der Waals surface area contributed by atoms with Crippen molar-refractivity contribution >= 4 is 38.2 Å². The Kier molecular flexibility index (Phi) is 7.45. The Morgan fingerprint density at radius 2 is 1.48 bits per heavy atom. The van der Waals surface area contributed by atoms with Crippen LogP contribution in [0, 0.1) is 6.92 Å². The van der Waals surface area contributed by atoms with Gasteiger partial charge >= 0.3 is 0 Å². The number of carbonyl (C=O) groups is 1. The van der Waals surface area contributed by atoms with Gasteiger partial charge in [0.05, 0.1) is 16.9 Å². The standard InChI is InChI=1S/C26H23NO3S3/c1-19-14-16-22(17-15-19)33(29,30)27-25(23-13-8-18-31-23)24(20-9-4-2-5-10-20)26(28)32-21-11-6-3-7-12-21/h2-18,24-25,27H,1H3/t24-,25+/m0/s1. The zero-order valence-electron chi connectivity index (χ0n) is 17.9. The van der Waals surface area contributed by atoms with Crippen LogP contribution >= 0.6 is 23.1 Å². The summed E-state index contributed by atoms with van der Waals surface area (Å²) in [5.41, 5.74) is 1.73. The largest absolute Gasteiger partial charge is 0.286 e. The highest BCUT2D eigenvalue weighted by atomic mass is 32.2. The molecule has 0 aliphatic heterocycles. The molecule has 33 heavy (non-hydrogen) atoms. The molecule has 0 saturated heterocycles. The van der Waals surface area contributed by atoms with E-state index < -0.39 is 22.0 Å². The van der Waals surface area contributed by atoms with Crippen LogP contribution in [0.5, 0.6) is 0 Å². The van der Waals surface area contributed by atoms with Gasteiger partial charge in [-0.05, 0) is 48.2 Å². The normalized spacial score (nSPS) is 13.4. The summed E-state index contributed by atoms with van der Waals surface area (Å²) in [4.78, 5) is 15.4. The maximum atomic E-state index is 13.6. The molecule has 168 valence electrons. The van der Waals surface area contributed by atoms with E-state index >= 15 is 0 Å². The van der Waals surface area contributed by atoms with Crippen molar-refractivity contribution in [1.29, 1.82) is 0 Å². The first-order valence-electron chi connectivity index (χ1n) is 10.4. The second kappa shape index (κ2) is 10.5. The van der Waals surface area contributed by atoms with Gasteiger partial charge in [0.15, 0.2) is 0 Å². The molecule has 0 bridgehead atoms. The molecule has 7 heteroatoms. The van der Waals surface area contributed by atoms with Crippen molar-refractivity contribution in [3.05, 3.63) is 118 Å². The summed E-state index contributed by atoms with van der Waals surface area (Å²) in [6, 6.07) is 28.4. The zero-order chi connectivity index (χ0) is 23.3. The van der Waals surface area contributed by atoms with Crippen molar-refractivity contribution in [2.45, 2.75) is 28.7 Å². The summed E-state index contributed by atoms with van der Waals surface area (Å²) >= 11 is 2.55. The van der Waals surface area contributed by atoms with Crippen LogP contribution < -0.4 is 4.72 Å². The van der Waals surface area contributed by atoms with Crippen LogP contribution in [0.3, 0.4) is 0 Å². The maximum absolute atomic E-state index is 13.6. The lowest BCUT2D eigenvalue weighted by atomic mass is 9.92. The number of benzene rings is 3. The van der Waals surface area contributed by atoms with E-state index in [0.29, 0.717) is 0 Å². The highest BCUT2D eigenvalue weighted by Crippen LogP contribution is 2.39. The summed E-state index contributed by atoms with van der Waals surface area (Å²) in [6.45, 7) is 1.91. The lowest BCUT2D eigenvalue weighted by Gasteiger charge is -2.26. The van der Waals surface area contributed by atoms with Gasteiger partial charge in [-0.25, -0.2) is 13.1 Å². The number of thiophene rings is 1. The van der Waals surface area contributed by atoms with Crippen molar-refractivity contribution in [2.75, 3.05) is 0 Å². The summed E-state index contributed by atoms with van der Waals surface area (Å²) in [5, 5.41) is 1.76. The van der Waals surface area contributed by atoms with Crippen molar-refractivity contribution in [2.24, 2.45) is 0 Å². The van der Waals surface area contributed by atoms with E-state index in [1.165, 1.54) is 11.3 Å². The number of hydrogen-bond donors (Lipinski definition) is 1. The fraction of sp³-hybridized carbons (Fsp3) is 0.115. The van der Waals surface area contributed by atoms with Gasteiger partial charge in [-0.3, -0.25) is 4.79 Å². The minimum Gasteiger partial charge on any atom is -0.286 e. The molecule has 0 amide bonds. The van der Waals surface area contributed by atoms with Crippen LogP contribution in [0.2, 0.25) is 0 Å². The van der Waals surface area contributed by atoms with E-state index in [1.54, 1.807) is 24.3 Å². The molecule has 2 atom stereocenters. The molecule has 1 heterocycles. The highest BCUT2D eigenvalue weighted by molar-refractivity contribution is 8.13. The first kappa shape index (κ1) is 23.4. The van der Waals surface area contributed by atoms with Crippen LogP contribution in [0.1, 0.15) is 28.0 Å². The Morgan fingerprint density at radius 3 is 2.09 bits per heavy atom. The Morgan fingerprint density at radius 1 is 0.848 bits per heavy atom. The fourth-order valence-electron chi connectivity index (χ4n) is 3.50. The number of nitrogens with one attached hydrogen (secondary N) is 1.